The largest absolute Gasteiger partial charge is 0.404 e. The minimum atomic E-state index is -4.59. The summed E-state index contributed by atoms with van der Waals surface area (Å²) < 4.78 is 38.0. The first-order chi connectivity index (χ1) is 8.02. The van der Waals surface area contributed by atoms with Crippen LogP contribution in [0.1, 0.15) is 20.8 Å². The number of alkyl halides is 3. The van der Waals surface area contributed by atoms with E-state index in [1.165, 1.54) is 6.34 Å². The zero-order chi connectivity index (χ0) is 14.1. The number of hydrogen-bond donors (Lipinski definition) is 4. The number of nitrogens with zero attached hydrogens (tertiary/aromatic N) is 1. The average molecular weight is 268 g/mol. The quantitative estimate of drug-likeness (QED) is 0.575. The van der Waals surface area contributed by atoms with Crippen molar-refractivity contribution in [1.82, 2.24) is 10.6 Å². The normalized spacial score (nSPS) is 31.0. The van der Waals surface area contributed by atoms with E-state index in [4.69, 9.17) is 5.73 Å². The third kappa shape index (κ3) is 3.82. The molecule has 1 aliphatic heterocycles. The summed E-state index contributed by atoms with van der Waals surface area (Å²) >= 11 is 0. The highest BCUT2D eigenvalue weighted by molar-refractivity contribution is 5.56. The van der Waals surface area contributed by atoms with Gasteiger partial charge in [0.05, 0.1) is 18.4 Å². The molecule has 1 aliphatic rings. The van der Waals surface area contributed by atoms with Crippen molar-refractivity contribution in [2.75, 3.05) is 0 Å². The van der Waals surface area contributed by atoms with Gasteiger partial charge in [0.2, 0.25) is 0 Å². The molecule has 0 aromatic rings. The molecule has 5 nitrogen and oxygen atoms in total. The Hall–Kier alpha value is -0.860. The molecule has 4 atom stereocenters. The lowest BCUT2D eigenvalue weighted by molar-refractivity contribution is -0.172. The van der Waals surface area contributed by atoms with Crippen molar-refractivity contribution in [2.24, 2.45) is 16.6 Å². The minimum absolute atomic E-state index is 0.424. The number of aliphatic hydroxyl groups is 1. The van der Waals surface area contributed by atoms with Crippen LogP contribution < -0.4 is 16.4 Å². The molecule has 0 amide bonds. The van der Waals surface area contributed by atoms with Crippen molar-refractivity contribution in [3.8, 4) is 0 Å². The zero-order valence-corrected chi connectivity index (χ0v) is 10.5. The summed E-state index contributed by atoms with van der Waals surface area (Å²) in [5.74, 6) is -1.28. The molecule has 0 saturated heterocycles. The van der Waals surface area contributed by atoms with Gasteiger partial charge >= 0.3 is 6.18 Å². The van der Waals surface area contributed by atoms with Gasteiger partial charge in [0.15, 0.2) is 6.23 Å². The Bertz CT molecular complexity index is 313. The molecule has 1 rings (SSSR count). The van der Waals surface area contributed by atoms with Crippen molar-refractivity contribution in [2.45, 2.75) is 50.9 Å². The predicted molar refractivity (Wildman–Crippen MR) is 61.8 cm³/mol. The van der Waals surface area contributed by atoms with Gasteiger partial charge < -0.3 is 16.2 Å². The highest BCUT2D eigenvalue weighted by Gasteiger charge is 2.49. The second kappa shape index (κ2) is 5.02. The molecule has 0 fully saturated rings. The van der Waals surface area contributed by atoms with Crippen LogP contribution in [0.4, 0.5) is 13.2 Å². The summed E-state index contributed by atoms with van der Waals surface area (Å²) in [6.07, 6.45) is -5.68. The lowest BCUT2D eigenvalue weighted by Gasteiger charge is -2.40. The fourth-order valence-electron chi connectivity index (χ4n) is 1.80. The molecule has 0 saturated carbocycles. The fraction of sp³-hybridized carbons (Fsp3) is 0.900. The van der Waals surface area contributed by atoms with Gasteiger partial charge in [0.1, 0.15) is 6.04 Å². The molecule has 18 heavy (non-hydrogen) atoms. The van der Waals surface area contributed by atoms with E-state index >= 15 is 0 Å². The molecule has 0 radical (unpaired) electrons. The third-order valence-corrected chi connectivity index (χ3v) is 2.59. The molecule has 0 spiro atoms. The topological polar surface area (TPSA) is 82.7 Å². The van der Waals surface area contributed by atoms with Crippen LogP contribution in [-0.2, 0) is 0 Å². The second-order valence-electron chi connectivity index (χ2n) is 5.38. The number of aliphatic imine (C=N–C) groups is 1. The van der Waals surface area contributed by atoms with Gasteiger partial charge in [0, 0.05) is 5.54 Å². The van der Waals surface area contributed by atoms with E-state index in [2.05, 4.69) is 15.6 Å². The maximum absolute atomic E-state index is 12.7. The first-order valence-corrected chi connectivity index (χ1v) is 5.58. The van der Waals surface area contributed by atoms with Crippen LogP contribution in [0.15, 0.2) is 4.99 Å². The fourth-order valence-corrected chi connectivity index (χ4v) is 1.80. The number of rotatable bonds is 2. The van der Waals surface area contributed by atoms with Gasteiger partial charge in [0.25, 0.3) is 0 Å². The first-order valence-electron chi connectivity index (χ1n) is 5.58. The van der Waals surface area contributed by atoms with Gasteiger partial charge in [-0.25, -0.2) is 4.99 Å². The summed E-state index contributed by atoms with van der Waals surface area (Å²) in [7, 11) is 0. The number of aliphatic hydroxyl groups excluding tert-OH is 1. The predicted octanol–water partition coefficient (Wildman–Crippen LogP) is 0.156. The van der Waals surface area contributed by atoms with Gasteiger partial charge in [-0.3, -0.25) is 5.32 Å². The smallest absolute Gasteiger partial charge is 0.371 e. The maximum atomic E-state index is 12.7. The van der Waals surface area contributed by atoms with Crippen LogP contribution in [0.5, 0.6) is 0 Å². The zero-order valence-electron chi connectivity index (χ0n) is 10.5. The standard InChI is InChI=1S/C10H19F3N4O/c1-9(2,3)17-7-5(6(14)10(11,12)13)8(18)16-4-15-7/h4-8,17-18H,14H2,1-3H3,(H,15,16). The molecule has 106 valence electrons. The molecule has 8 heteroatoms. The minimum Gasteiger partial charge on any atom is -0.371 e. The van der Waals surface area contributed by atoms with E-state index in [0.717, 1.165) is 0 Å². The average Bonchev–Trinajstić information content (AvgIpc) is 2.13. The molecule has 1 heterocycles. The molecular formula is C10H19F3N4O. The third-order valence-electron chi connectivity index (χ3n) is 2.59. The summed E-state index contributed by atoms with van der Waals surface area (Å²) in [5, 5.41) is 15.2. The lowest BCUT2D eigenvalue weighted by atomic mass is 9.92. The van der Waals surface area contributed by atoms with Gasteiger partial charge in [-0.05, 0) is 20.8 Å². The van der Waals surface area contributed by atoms with Gasteiger partial charge in [-0.1, -0.05) is 0 Å². The molecule has 0 aromatic heterocycles. The molecule has 4 unspecified atom stereocenters. The van der Waals surface area contributed by atoms with Crippen LogP contribution in [0, 0.1) is 5.92 Å². The number of nitrogens with one attached hydrogen (secondary N) is 2. The van der Waals surface area contributed by atoms with Crippen molar-refractivity contribution in [3.63, 3.8) is 0 Å². The highest BCUT2D eigenvalue weighted by atomic mass is 19.4. The summed E-state index contributed by atoms with van der Waals surface area (Å²) in [4.78, 5) is 3.53. The first kappa shape index (κ1) is 15.2. The SMILES string of the molecule is CC(C)(C)NC1NC=NC(O)C1C(N)C(F)(F)F. The van der Waals surface area contributed by atoms with Crippen LogP contribution in [0.3, 0.4) is 0 Å². The van der Waals surface area contributed by atoms with Crippen molar-refractivity contribution >= 4 is 6.34 Å². The Morgan fingerprint density at radius 2 is 1.94 bits per heavy atom. The maximum Gasteiger partial charge on any atom is 0.404 e. The van der Waals surface area contributed by atoms with Crippen LogP contribution in [0.2, 0.25) is 0 Å². The Morgan fingerprint density at radius 3 is 2.39 bits per heavy atom. The van der Waals surface area contributed by atoms with Crippen LogP contribution >= 0.6 is 0 Å². The summed E-state index contributed by atoms with van der Waals surface area (Å²) in [6, 6.07) is -2.16. The summed E-state index contributed by atoms with van der Waals surface area (Å²) in [5.41, 5.74) is 4.76. The van der Waals surface area contributed by atoms with Crippen molar-refractivity contribution in [3.05, 3.63) is 0 Å². The highest BCUT2D eigenvalue weighted by Crippen LogP contribution is 2.29. The molecule has 5 N–H and O–H groups in total. The second-order valence-corrected chi connectivity index (χ2v) is 5.38. The molecule has 0 bridgehead atoms. The van der Waals surface area contributed by atoms with E-state index < -0.39 is 36.1 Å². The van der Waals surface area contributed by atoms with E-state index in [0.29, 0.717) is 0 Å². The molecular weight excluding hydrogens is 249 g/mol. The molecule has 0 aliphatic carbocycles. The Labute approximate surface area is 104 Å². The van der Waals surface area contributed by atoms with Crippen molar-refractivity contribution in [1.29, 1.82) is 0 Å². The van der Waals surface area contributed by atoms with Gasteiger partial charge in [-0.15, -0.1) is 0 Å². The number of nitrogens with two attached hydrogens (primary N) is 1. The van der Waals surface area contributed by atoms with Gasteiger partial charge in [-0.2, -0.15) is 13.2 Å². The van der Waals surface area contributed by atoms with E-state index in [1.54, 1.807) is 0 Å². The Kier molecular flexibility index (Phi) is 4.24. The number of halogens is 3. The van der Waals surface area contributed by atoms with E-state index in [9.17, 15) is 18.3 Å². The van der Waals surface area contributed by atoms with Crippen molar-refractivity contribution < 1.29 is 18.3 Å². The van der Waals surface area contributed by atoms with Crippen LogP contribution in [-0.4, -0.2) is 41.6 Å². The Morgan fingerprint density at radius 1 is 1.39 bits per heavy atom. The van der Waals surface area contributed by atoms with Crippen LogP contribution in [0.25, 0.3) is 0 Å². The van der Waals surface area contributed by atoms with E-state index in [-0.39, 0.29) is 0 Å². The molecule has 0 aromatic carbocycles. The van der Waals surface area contributed by atoms with E-state index in [1.807, 2.05) is 20.8 Å². The lowest BCUT2D eigenvalue weighted by Crippen LogP contribution is -2.65. The Balaban J connectivity index is 2.91. The number of hydrogen-bond acceptors (Lipinski definition) is 5. The monoisotopic (exact) mass is 268 g/mol. The summed E-state index contributed by atoms with van der Waals surface area (Å²) in [6.45, 7) is 5.43.